The molecule has 0 aromatic heterocycles. The lowest BCUT2D eigenvalue weighted by atomic mass is 9.93. The Balaban J connectivity index is 5.13. The summed E-state index contributed by atoms with van der Waals surface area (Å²) in [6.07, 6.45) is 0. The zero-order valence-corrected chi connectivity index (χ0v) is 6.58. The average Bonchev–Trinajstić information content (AvgIpc) is 1.96. The second-order valence-corrected chi connectivity index (χ2v) is 2.31. The van der Waals surface area contributed by atoms with Crippen LogP contribution in [0.25, 0.3) is 0 Å². The highest BCUT2D eigenvalue weighted by Gasteiger charge is 2.44. The fourth-order valence-electron chi connectivity index (χ4n) is 0.782. The summed E-state index contributed by atoms with van der Waals surface area (Å²) in [5, 5.41) is 33.2. The third kappa shape index (κ3) is 2.44. The summed E-state index contributed by atoms with van der Waals surface area (Å²) < 4.78 is 0. The fraction of sp³-hybridized carbons (Fsp3) is 0.333. The summed E-state index contributed by atoms with van der Waals surface area (Å²) in [5.74, 6) is -13.0. The van der Waals surface area contributed by atoms with E-state index < -0.39 is 35.7 Å². The van der Waals surface area contributed by atoms with E-state index in [2.05, 4.69) is 0 Å². The summed E-state index contributed by atoms with van der Waals surface area (Å²) >= 11 is 0. The van der Waals surface area contributed by atoms with E-state index >= 15 is 0 Å². The van der Waals surface area contributed by atoms with Crippen molar-refractivity contribution < 1.29 is 39.6 Å². The van der Waals surface area contributed by atoms with E-state index in [0.717, 1.165) is 0 Å². The molecule has 0 unspecified atom stereocenters. The van der Waals surface area contributed by atoms with Gasteiger partial charge in [0.25, 0.3) is 0 Å². The Kier molecular flexibility index (Phi) is 3.57. The maximum Gasteiger partial charge on any atom is 0.319 e. The number of rotatable bonds is 5. The molecule has 8 nitrogen and oxygen atoms in total. The first-order chi connectivity index (χ1) is 6.29. The molecule has 0 spiro atoms. The minimum Gasteiger partial charge on any atom is -0.481 e. The molecule has 0 radical (unpaired) electrons. The van der Waals surface area contributed by atoms with Crippen LogP contribution in [0.4, 0.5) is 0 Å². The van der Waals surface area contributed by atoms with Gasteiger partial charge >= 0.3 is 23.9 Å². The first-order valence-electron chi connectivity index (χ1n) is 3.20. The summed E-state index contributed by atoms with van der Waals surface area (Å²) in [6, 6.07) is 0. The van der Waals surface area contributed by atoms with Gasteiger partial charge in [-0.1, -0.05) is 0 Å². The number of hydrogen-bond acceptors (Lipinski definition) is 4. The van der Waals surface area contributed by atoms with Gasteiger partial charge in [-0.15, -0.1) is 0 Å². The van der Waals surface area contributed by atoms with Crippen LogP contribution in [-0.2, 0) is 19.2 Å². The summed E-state index contributed by atoms with van der Waals surface area (Å²) in [4.78, 5) is 41.1. The maximum absolute atomic E-state index is 10.3. The zero-order chi connectivity index (χ0) is 11.5. The molecular formula is C6H6O8. The number of carboxylic acids is 4. The van der Waals surface area contributed by atoms with Crippen LogP contribution < -0.4 is 0 Å². The maximum atomic E-state index is 10.3. The minimum absolute atomic E-state index is 2.01. The van der Waals surface area contributed by atoms with Gasteiger partial charge in [0.15, 0.2) is 11.8 Å². The largest absolute Gasteiger partial charge is 0.481 e. The fourth-order valence-corrected chi connectivity index (χ4v) is 0.782. The molecule has 0 heterocycles. The van der Waals surface area contributed by atoms with Gasteiger partial charge in [-0.05, 0) is 0 Å². The highest BCUT2D eigenvalue weighted by atomic mass is 16.4. The van der Waals surface area contributed by atoms with Gasteiger partial charge < -0.3 is 20.4 Å². The molecule has 0 aromatic rings. The Morgan fingerprint density at radius 3 is 0.786 bits per heavy atom. The van der Waals surface area contributed by atoms with Gasteiger partial charge in [0.05, 0.1) is 0 Å². The van der Waals surface area contributed by atoms with Crippen molar-refractivity contribution in [3.63, 3.8) is 0 Å². The zero-order valence-electron chi connectivity index (χ0n) is 6.58. The number of carbonyl (C=O) groups is 4. The second kappa shape index (κ2) is 4.21. The predicted molar refractivity (Wildman–Crippen MR) is 37.5 cm³/mol. The first-order valence-corrected chi connectivity index (χ1v) is 3.20. The third-order valence-corrected chi connectivity index (χ3v) is 1.40. The number of aliphatic carboxylic acids is 4. The molecule has 78 valence electrons. The van der Waals surface area contributed by atoms with E-state index in [9.17, 15) is 19.2 Å². The van der Waals surface area contributed by atoms with Crippen molar-refractivity contribution in [1.82, 2.24) is 0 Å². The van der Waals surface area contributed by atoms with Crippen molar-refractivity contribution in [1.29, 1.82) is 0 Å². The molecule has 0 saturated carbocycles. The van der Waals surface area contributed by atoms with E-state index in [1.54, 1.807) is 0 Å². The molecule has 0 aliphatic rings. The molecule has 0 atom stereocenters. The molecule has 4 N–H and O–H groups in total. The highest BCUT2D eigenvalue weighted by Crippen LogP contribution is 2.13. The van der Waals surface area contributed by atoms with E-state index in [4.69, 9.17) is 20.4 Å². The second-order valence-electron chi connectivity index (χ2n) is 2.31. The Labute approximate surface area is 76.4 Å². The lowest BCUT2D eigenvalue weighted by Gasteiger charge is -2.11. The number of carboxylic acid groups (broad SMARTS) is 4. The van der Waals surface area contributed by atoms with Crippen molar-refractivity contribution in [3.05, 3.63) is 0 Å². The molecule has 0 fully saturated rings. The molecular weight excluding hydrogens is 200 g/mol. The van der Waals surface area contributed by atoms with Crippen LogP contribution in [0.1, 0.15) is 0 Å². The standard InChI is InChI=1S/C6H6O8/c7-3(8)1(4(9)10)2(5(11)12)6(13)14/h1-2H,(H,7,8)(H,9,10)(H,11,12)(H,13,14). The third-order valence-electron chi connectivity index (χ3n) is 1.40. The van der Waals surface area contributed by atoms with Gasteiger partial charge in [0.2, 0.25) is 0 Å². The van der Waals surface area contributed by atoms with Crippen LogP contribution in [0.15, 0.2) is 0 Å². The Morgan fingerprint density at radius 1 is 0.571 bits per heavy atom. The van der Waals surface area contributed by atoms with Crippen molar-refractivity contribution >= 4 is 23.9 Å². The summed E-state index contributed by atoms with van der Waals surface area (Å²) in [6.45, 7) is 0. The lowest BCUT2D eigenvalue weighted by Crippen LogP contribution is -2.40. The van der Waals surface area contributed by atoms with E-state index in [0.29, 0.717) is 0 Å². The Morgan fingerprint density at radius 2 is 0.714 bits per heavy atom. The lowest BCUT2D eigenvalue weighted by molar-refractivity contribution is -0.171. The SMILES string of the molecule is O=C(O)C(C(=O)O)C(C(=O)O)C(=O)O. The highest BCUT2D eigenvalue weighted by molar-refractivity contribution is 6.05. The van der Waals surface area contributed by atoms with E-state index in [-0.39, 0.29) is 0 Å². The molecule has 0 amide bonds. The van der Waals surface area contributed by atoms with Gasteiger partial charge in [0, 0.05) is 0 Å². The Hall–Kier alpha value is -2.12. The molecule has 8 heteroatoms. The van der Waals surface area contributed by atoms with Gasteiger partial charge in [-0.3, -0.25) is 19.2 Å². The monoisotopic (exact) mass is 206 g/mol. The normalized spacial score (nSPS) is 10.1. The van der Waals surface area contributed by atoms with Crippen LogP contribution in [0, 0.1) is 11.8 Å². The van der Waals surface area contributed by atoms with Crippen LogP contribution in [0.5, 0.6) is 0 Å². The molecule has 0 aromatic carbocycles. The van der Waals surface area contributed by atoms with Crippen molar-refractivity contribution in [2.24, 2.45) is 11.8 Å². The van der Waals surface area contributed by atoms with Crippen LogP contribution in [0.3, 0.4) is 0 Å². The molecule has 0 aliphatic carbocycles. The van der Waals surface area contributed by atoms with E-state index in [1.807, 2.05) is 0 Å². The van der Waals surface area contributed by atoms with Crippen LogP contribution >= 0.6 is 0 Å². The Bertz CT molecular complexity index is 234. The van der Waals surface area contributed by atoms with Crippen molar-refractivity contribution in [2.45, 2.75) is 0 Å². The molecule has 0 bridgehead atoms. The number of hydrogen-bond donors (Lipinski definition) is 4. The molecule has 0 rings (SSSR count). The first kappa shape index (κ1) is 11.9. The summed E-state index contributed by atoms with van der Waals surface area (Å²) in [5.41, 5.74) is 0. The van der Waals surface area contributed by atoms with Crippen molar-refractivity contribution in [2.75, 3.05) is 0 Å². The average molecular weight is 206 g/mol. The van der Waals surface area contributed by atoms with E-state index in [1.165, 1.54) is 0 Å². The summed E-state index contributed by atoms with van der Waals surface area (Å²) in [7, 11) is 0. The smallest absolute Gasteiger partial charge is 0.319 e. The van der Waals surface area contributed by atoms with Crippen LogP contribution in [0.2, 0.25) is 0 Å². The minimum atomic E-state index is -2.50. The van der Waals surface area contributed by atoms with Gasteiger partial charge in [0.1, 0.15) is 0 Å². The molecule has 0 aliphatic heterocycles. The van der Waals surface area contributed by atoms with Gasteiger partial charge in [-0.2, -0.15) is 0 Å². The quantitative estimate of drug-likeness (QED) is 0.399. The van der Waals surface area contributed by atoms with Crippen molar-refractivity contribution in [3.8, 4) is 0 Å². The predicted octanol–water partition coefficient (Wildman–Crippen LogP) is -1.44. The molecule has 14 heavy (non-hydrogen) atoms. The molecule has 0 saturated heterocycles. The van der Waals surface area contributed by atoms with Crippen LogP contribution in [-0.4, -0.2) is 44.3 Å². The topological polar surface area (TPSA) is 149 Å². The van der Waals surface area contributed by atoms with Gasteiger partial charge in [-0.25, -0.2) is 0 Å².